The Labute approximate surface area is 296 Å². The number of allylic oxidation sites excluding steroid dienone is 14. The number of aliphatic hydroxyl groups excluding tert-OH is 2. The number of hydrogen-bond acceptors (Lipinski definition) is 9. The number of aliphatic hydroxyl groups is 2. The van der Waals surface area contributed by atoms with Gasteiger partial charge in [-0.3, -0.25) is 18.7 Å². The number of benzene rings is 2. The first-order valence-corrected chi connectivity index (χ1v) is 18.0. The molecule has 17 heteroatoms. The molecule has 4 aliphatic rings. The minimum atomic E-state index is -4.53. The van der Waals surface area contributed by atoms with Gasteiger partial charge in [0.15, 0.2) is 0 Å². The second-order valence-electron chi connectivity index (χ2n) is 11.5. The van der Waals surface area contributed by atoms with Crippen LogP contribution in [0.25, 0.3) is 0 Å². The third-order valence-electron chi connectivity index (χ3n) is 7.98. The summed E-state index contributed by atoms with van der Waals surface area (Å²) in [5, 5.41) is 26.1. The molecular weight excluding hydrogens is 717 g/mol. The summed E-state index contributed by atoms with van der Waals surface area (Å²) in [6, 6.07) is 10.9. The summed E-state index contributed by atoms with van der Waals surface area (Å²) in [5.74, 6) is -2.28. The molecule has 0 spiro atoms. The second kappa shape index (κ2) is 13.8. The van der Waals surface area contributed by atoms with Crippen molar-refractivity contribution in [2.45, 2.75) is 12.8 Å². The van der Waals surface area contributed by atoms with E-state index in [1.807, 2.05) is 0 Å². The van der Waals surface area contributed by atoms with Gasteiger partial charge in [-0.2, -0.15) is 16.8 Å². The molecule has 4 aliphatic carbocycles. The van der Waals surface area contributed by atoms with Crippen molar-refractivity contribution in [1.29, 1.82) is 0 Å². The molecule has 0 unspecified atom stereocenters. The van der Waals surface area contributed by atoms with Crippen molar-refractivity contribution in [3.05, 3.63) is 152 Å². The molecule has 15 nitrogen and oxygen atoms in total. The van der Waals surface area contributed by atoms with Gasteiger partial charge in [0, 0.05) is 46.5 Å². The molecule has 0 saturated carbocycles. The van der Waals surface area contributed by atoms with E-state index in [0.717, 1.165) is 12.2 Å². The molecule has 2 aromatic carbocycles. The van der Waals surface area contributed by atoms with Crippen LogP contribution in [0.4, 0.5) is 16.2 Å². The molecule has 52 heavy (non-hydrogen) atoms. The molecule has 0 heterocycles. The number of aliphatic imine (C=N–C) groups is 2. The maximum absolute atomic E-state index is 12.9. The van der Waals surface area contributed by atoms with Crippen molar-refractivity contribution in [2.75, 3.05) is 10.6 Å². The summed E-state index contributed by atoms with van der Waals surface area (Å²) >= 11 is 0. The fourth-order valence-corrected chi connectivity index (χ4v) is 6.73. The molecule has 0 bridgehead atoms. The Morgan fingerprint density at radius 2 is 0.962 bits per heavy atom. The van der Waals surface area contributed by atoms with Crippen molar-refractivity contribution in [1.82, 2.24) is 0 Å². The van der Waals surface area contributed by atoms with Crippen molar-refractivity contribution < 1.29 is 50.5 Å². The molecule has 2 aromatic rings. The first-order valence-electron chi connectivity index (χ1n) is 15.1. The molecule has 4 amide bonds. The fourth-order valence-electron chi connectivity index (χ4n) is 5.54. The number of nitrogens with one attached hydrogen (secondary N) is 2. The highest BCUT2D eigenvalue weighted by Crippen LogP contribution is 2.35. The van der Waals surface area contributed by atoms with E-state index in [0.29, 0.717) is 22.5 Å². The quantitative estimate of drug-likeness (QED) is 0.203. The molecule has 264 valence electrons. The van der Waals surface area contributed by atoms with Crippen LogP contribution in [0.3, 0.4) is 0 Å². The number of carbonyl (C=O) groups excluding carboxylic acids is 3. The molecule has 0 saturated heterocycles. The zero-order valence-electron chi connectivity index (χ0n) is 26.5. The summed E-state index contributed by atoms with van der Waals surface area (Å²) in [4.78, 5) is 45.8. The normalized spacial score (nSPS) is 18.6. The lowest BCUT2D eigenvalue weighted by Crippen LogP contribution is -2.19. The number of fused-ring (bicyclic) bond motifs is 2. The van der Waals surface area contributed by atoms with Crippen LogP contribution < -0.4 is 10.6 Å². The number of carbonyl (C=O) groups is 3. The van der Waals surface area contributed by atoms with Crippen molar-refractivity contribution in [3.8, 4) is 0 Å². The summed E-state index contributed by atoms with van der Waals surface area (Å²) in [5.41, 5.74) is 2.20. The van der Waals surface area contributed by atoms with Gasteiger partial charge in [0.05, 0.1) is 21.2 Å². The Hall–Kier alpha value is -6.27. The maximum atomic E-state index is 12.9. The van der Waals surface area contributed by atoms with Gasteiger partial charge in [-0.1, -0.05) is 24.3 Å². The largest absolute Gasteiger partial charge is 0.507 e. The van der Waals surface area contributed by atoms with Crippen LogP contribution in [0, 0.1) is 0 Å². The number of urea groups is 1. The van der Waals surface area contributed by atoms with Gasteiger partial charge in [0.1, 0.15) is 11.5 Å². The summed E-state index contributed by atoms with van der Waals surface area (Å²) in [6.07, 6.45) is 10.5. The van der Waals surface area contributed by atoms with Crippen molar-refractivity contribution >= 4 is 60.9 Å². The SMILES string of the molecule is O=C(Nc1ccc(C(=O)N=C2C=CC=C3CC(S(=O)(=O)O)=CC(O)=C32)cc1)Nc1ccc(C(=O)N=C2C=CC=C3CC(S(=O)(=O)O)=CC(O)=C32)cc1. The van der Waals surface area contributed by atoms with Gasteiger partial charge in [-0.15, -0.1) is 0 Å². The average Bonchev–Trinajstić information content (AvgIpc) is 3.08. The van der Waals surface area contributed by atoms with Crippen molar-refractivity contribution in [2.24, 2.45) is 9.98 Å². The lowest BCUT2D eigenvalue weighted by molar-refractivity contribution is 0.0994. The summed E-state index contributed by atoms with van der Waals surface area (Å²) < 4.78 is 64.9. The third-order valence-corrected chi connectivity index (χ3v) is 9.83. The predicted molar refractivity (Wildman–Crippen MR) is 191 cm³/mol. The van der Waals surface area contributed by atoms with E-state index in [1.165, 1.54) is 72.8 Å². The zero-order chi connectivity index (χ0) is 37.4. The van der Waals surface area contributed by atoms with E-state index in [-0.39, 0.29) is 46.5 Å². The Morgan fingerprint density at radius 3 is 1.31 bits per heavy atom. The minimum Gasteiger partial charge on any atom is -0.507 e. The van der Waals surface area contributed by atoms with E-state index < -0.39 is 59.4 Å². The topological polar surface area (TPSA) is 249 Å². The van der Waals surface area contributed by atoms with Crippen LogP contribution in [0.1, 0.15) is 33.6 Å². The van der Waals surface area contributed by atoms with Crippen LogP contribution in [0.2, 0.25) is 0 Å². The Kier molecular flexibility index (Phi) is 9.44. The number of anilines is 2. The van der Waals surface area contributed by atoms with Crippen LogP contribution >= 0.6 is 0 Å². The molecule has 6 rings (SSSR count). The first-order chi connectivity index (χ1) is 24.6. The molecule has 0 aromatic heterocycles. The highest BCUT2D eigenvalue weighted by Gasteiger charge is 2.30. The van der Waals surface area contributed by atoms with Gasteiger partial charge in [0.25, 0.3) is 32.1 Å². The predicted octanol–water partition coefficient (Wildman–Crippen LogP) is 5.46. The summed E-state index contributed by atoms with van der Waals surface area (Å²) in [6.45, 7) is 0. The lowest BCUT2D eigenvalue weighted by Gasteiger charge is -2.21. The standard InChI is InChI=1S/C35H26N4O11S2/c40-29-17-25(51(45,46)47)15-21-3-1-5-27(31(21)29)38-33(42)19-7-11-23(12-8-19)36-35(44)37-24-13-9-20(10-14-24)34(43)39-28-6-2-4-22-16-26(52(48,49)50)18-30(41)32(22)28/h1-14,17-18,40-41H,15-16H2,(H2,36,37,44)(H,45,46,47)(H,48,49,50). The van der Waals surface area contributed by atoms with E-state index in [2.05, 4.69) is 20.6 Å². The molecule has 0 aliphatic heterocycles. The molecular formula is C35H26N4O11S2. The maximum Gasteiger partial charge on any atom is 0.323 e. The third kappa shape index (κ3) is 7.72. The van der Waals surface area contributed by atoms with Crippen LogP contribution in [-0.2, 0) is 20.2 Å². The van der Waals surface area contributed by atoms with Crippen LogP contribution in [-0.4, -0.2) is 65.4 Å². The van der Waals surface area contributed by atoms with Crippen molar-refractivity contribution in [3.63, 3.8) is 0 Å². The molecule has 0 atom stereocenters. The van der Waals surface area contributed by atoms with Crippen LogP contribution in [0.15, 0.2) is 151 Å². The van der Waals surface area contributed by atoms with Gasteiger partial charge < -0.3 is 20.8 Å². The van der Waals surface area contributed by atoms with E-state index in [1.54, 1.807) is 12.2 Å². The van der Waals surface area contributed by atoms with Gasteiger partial charge >= 0.3 is 6.03 Å². The van der Waals surface area contributed by atoms with E-state index in [4.69, 9.17) is 0 Å². The van der Waals surface area contributed by atoms with E-state index in [9.17, 15) is 50.5 Å². The Bertz CT molecular complexity index is 2320. The molecule has 0 fully saturated rings. The molecule has 6 N–H and O–H groups in total. The van der Waals surface area contributed by atoms with Gasteiger partial charge in [0.2, 0.25) is 0 Å². The van der Waals surface area contributed by atoms with E-state index >= 15 is 0 Å². The Balaban J connectivity index is 1.08. The average molecular weight is 743 g/mol. The number of rotatable bonds is 6. The zero-order valence-corrected chi connectivity index (χ0v) is 28.1. The van der Waals surface area contributed by atoms with Gasteiger partial charge in [-0.25, -0.2) is 14.8 Å². The lowest BCUT2D eigenvalue weighted by atomic mass is 9.89. The fraction of sp³-hybridized carbons (Fsp3) is 0.0571. The summed E-state index contributed by atoms with van der Waals surface area (Å²) in [7, 11) is -9.05. The minimum absolute atomic E-state index is 0.0969. The highest BCUT2D eigenvalue weighted by molar-refractivity contribution is 7.90. The number of hydrogen-bond donors (Lipinski definition) is 6. The second-order valence-corrected chi connectivity index (χ2v) is 14.4. The van der Waals surface area contributed by atoms with Crippen LogP contribution in [0.5, 0.6) is 0 Å². The monoisotopic (exact) mass is 742 g/mol. The first kappa shape index (κ1) is 35.6. The number of nitrogens with zero attached hydrogens (tertiary/aromatic N) is 2. The van der Waals surface area contributed by atoms with Gasteiger partial charge in [-0.05, 0) is 84.0 Å². The Morgan fingerprint density at radius 1 is 0.596 bits per heavy atom. The highest BCUT2D eigenvalue weighted by atomic mass is 32.2. The number of amides is 4. The molecule has 0 radical (unpaired) electrons. The smallest absolute Gasteiger partial charge is 0.323 e.